The maximum Gasteiger partial charge on any atom is 0.292 e. The van der Waals surface area contributed by atoms with E-state index in [1.54, 1.807) is 41.4 Å². The lowest BCUT2D eigenvalue weighted by Crippen LogP contribution is -2.49. The van der Waals surface area contributed by atoms with Gasteiger partial charge in [-0.2, -0.15) is 14.9 Å². The molecule has 1 N–H and O–H groups in total. The number of nitrogens with one attached hydrogen (secondary N) is 1. The van der Waals surface area contributed by atoms with Crippen molar-refractivity contribution in [2.45, 2.75) is 0 Å². The zero-order valence-corrected chi connectivity index (χ0v) is 19.5. The molecular weight excluding hydrogens is 475 g/mol. The van der Waals surface area contributed by atoms with Gasteiger partial charge in [0.15, 0.2) is 0 Å². The van der Waals surface area contributed by atoms with Crippen LogP contribution in [0.1, 0.15) is 10.5 Å². The van der Waals surface area contributed by atoms with Crippen LogP contribution in [0.5, 0.6) is 0 Å². The molecule has 10 heteroatoms. The van der Waals surface area contributed by atoms with Gasteiger partial charge in [-0.25, -0.2) is 0 Å². The van der Waals surface area contributed by atoms with Gasteiger partial charge >= 0.3 is 0 Å². The summed E-state index contributed by atoms with van der Waals surface area (Å²) >= 11 is 12.5. The number of carbonyl (C=O) groups excluding carboxylic acids is 1. The van der Waals surface area contributed by atoms with Crippen LogP contribution in [0, 0.1) is 0 Å². The van der Waals surface area contributed by atoms with Crippen molar-refractivity contribution in [2.24, 2.45) is 0 Å². The lowest BCUT2D eigenvalue weighted by atomic mass is 10.1. The first kappa shape index (κ1) is 22.2. The molecule has 1 aliphatic heterocycles. The predicted molar refractivity (Wildman–Crippen MR) is 132 cm³/mol. The van der Waals surface area contributed by atoms with Gasteiger partial charge in [0.25, 0.3) is 11.5 Å². The Hall–Kier alpha value is -3.62. The van der Waals surface area contributed by atoms with Crippen LogP contribution in [0.25, 0.3) is 16.9 Å². The lowest BCUT2D eigenvalue weighted by molar-refractivity contribution is 0.0741. The second kappa shape index (κ2) is 9.32. The number of carbonyl (C=O) groups is 1. The van der Waals surface area contributed by atoms with Crippen LogP contribution < -0.4 is 10.5 Å². The Kier molecular flexibility index (Phi) is 6.08. The summed E-state index contributed by atoms with van der Waals surface area (Å²) in [5.41, 5.74) is 2.73. The fourth-order valence-corrected chi connectivity index (χ4v) is 4.38. The third kappa shape index (κ3) is 4.30. The molecule has 5 rings (SSSR count). The number of para-hydroxylation sites is 1. The molecule has 1 saturated heterocycles. The normalized spacial score (nSPS) is 13.8. The van der Waals surface area contributed by atoms with Gasteiger partial charge in [-0.05, 0) is 30.3 Å². The van der Waals surface area contributed by atoms with Crippen LogP contribution in [0.3, 0.4) is 0 Å². The molecular formula is C24H20Cl2N6O2. The molecule has 4 aromatic rings. The Morgan fingerprint density at radius 3 is 2.44 bits per heavy atom. The topological polar surface area (TPSA) is 87.1 Å². The number of rotatable bonds is 4. The molecule has 0 spiro atoms. The third-order valence-electron chi connectivity index (χ3n) is 5.74. The lowest BCUT2D eigenvalue weighted by Gasteiger charge is -2.36. The molecule has 3 heterocycles. The van der Waals surface area contributed by atoms with Crippen LogP contribution in [-0.4, -0.2) is 57.0 Å². The number of benzene rings is 2. The molecule has 0 unspecified atom stereocenters. The summed E-state index contributed by atoms with van der Waals surface area (Å²) in [7, 11) is 0. The number of hydrogen-bond donors (Lipinski definition) is 1. The summed E-state index contributed by atoms with van der Waals surface area (Å²) in [5.74, 6) is -0.135. The van der Waals surface area contributed by atoms with E-state index < -0.39 is 0 Å². The molecule has 8 nitrogen and oxygen atoms in total. The van der Waals surface area contributed by atoms with E-state index in [4.69, 9.17) is 23.2 Å². The number of aromatic amines is 1. The highest BCUT2D eigenvalue weighted by atomic mass is 35.5. The van der Waals surface area contributed by atoms with Crippen molar-refractivity contribution in [2.75, 3.05) is 31.1 Å². The van der Waals surface area contributed by atoms with Gasteiger partial charge in [-0.3, -0.25) is 14.7 Å². The van der Waals surface area contributed by atoms with Gasteiger partial charge < -0.3 is 9.80 Å². The zero-order valence-electron chi connectivity index (χ0n) is 18.0. The van der Waals surface area contributed by atoms with Gasteiger partial charge in [0.05, 0.1) is 23.3 Å². The molecule has 2 aromatic carbocycles. The smallest absolute Gasteiger partial charge is 0.292 e. The maximum atomic E-state index is 13.0. The summed E-state index contributed by atoms with van der Waals surface area (Å²) in [6.07, 6.45) is 1.60. The average molecular weight is 495 g/mol. The van der Waals surface area contributed by atoms with E-state index in [9.17, 15) is 9.59 Å². The molecule has 34 heavy (non-hydrogen) atoms. The van der Waals surface area contributed by atoms with E-state index in [0.717, 1.165) is 5.56 Å². The number of hydrogen-bond acceptors (Lipinski definition) is 5. The fraction of sp³-hybridized carbons (Fsp3) is 0.167. The quantitative estimate of drug-likeness (QED) is 0.464. The Morgan fingerprint density at radius 2 is 1.71 bits per heavy atom. The second-order valence-corrected chi connectivity index (χ2v) is 8.67. The molecule has 0 atom stereocenters. The van der Waals surface area contributed by atoms with Crippen LogP contribution in [0.15, 0.2) is 71.7 Å². The minimum absolute atomic E-state index is 0.110. The molecule has 0 aliphatic carbocycles. The summed E-state index contributed by atoms with van der Waals surface area (Å²) in [4.78, 5) is 29.5. The van der Waals surface area contributed by atoms with Crippen LogP contribution in [0.2, 0.25) is 10.0 Å². The van der Waals surface area contributed by atoms with E-state index in [2.05, 4.69) is 15.3 Å². The first-order valence-corrected chi connectivity index (χ1v) is 11.5. The maximum absolute atomic E-state index is 13.0. The van der Waals surface area contributed by atoms with Crippen molar-refractivity contribution in [3.63, 3.8) is 0 Å². The number of H-pyrrole nitrogens is 1. The van der Waals surface area contributed by atoms with Crippen molar-refractivity contribution >= 4 is 34.8 Å². The summed E-state index contributed by atoms with van der Waals surface area (Å²) in [5, 5.41) is 12.1. The summed E-state index contributed by atoms with van der Waals surface area (Å²) in [6.45, 7) is 2.00. The number of nitrogens with zero attached hydrogens (tertiary/aromatic N) is 5. The van der Waals surface area contributed by atoms with Gasteiger partial charge in [-0.1, -0.05) is 53.5 Å². The third-order valence-corrected chi connectivity index (χ3v) is 6.33. The number of aromatic nitrogens is 4. The van der Waals surface area contributed by atoms with Crippen LogP contribution >= 0.6 is 23.2 Å². The number of anilines is 1. The van der Waals surface area contributed by atoms with Gasteiger partial charge in [0, 0.05) is 36.8 Å². The standard InChI is InChI=1S/C24H20Cl2N6O2/c25-17-6-4-5-16(13-17)19-14-20(29-28-19)23(33)31-11-9-30(10-12-31)21-15-27-32(24(34)22(21)26)18-7-2-1-3-8-18/h1-8,13-15H,9-12H2,(H,28,29). The second-order valence-electron chi connectivity index (χ2n) is 7.85. The van der Waals surface area contributed by atoms with Crippen molar-refractivity contribution < 1.29 is 4.79 Å². The molecule has 172 valence electrons. The first-order chi connectivity index (χ1) is 16.5. The molecule has 1 aliphatic rings. The molecule has 2 aromatic heterocycles. The Bertz CT molecular complexity index is 1390. The highest BCUT2D eigenvalue weighted by Gasteiger charge is 2.26. The van der Waals surface area contributed by atoms with Crippen molar-refractivity contribution in [1.29, 1.82) is 0 Å². The minimum Gasteiger partial charge on any atom is -0.365 e. The molecule has 0 radical (unpaired) electrons. The van der Waals surface area contributed by atoms with Crippen molar-refractivity contribution in [3.8, 4) is 16.9 Å². The Balaban J connectivity index is 1.28. The zero-order chi connectivity index (χ0) is 23.7. The van der Waals surface area contributed by atoms with E-state index in [0.29, 0.717) is 54.0 Å². The highest BCUT2D eigenvalue weighted by Crippen LogP contribution is 2.25. The predicted octanol–water partition coefficient (Wildman–Crippen LogP) is 3.89. The SMILES string of the molecule is O=C(c1cc(-c2cccc(Cl)c2)n[nH]1)N1CCN(c2cnn(-c3ccccc3)c(=O)c2Cl)CC1. The average Bonchev–Trinajstić information content (AvgIpc) is 3.36. The van der Waals surface area contributed by atoms with Crippen molar-refractivity contribution in [1.82, 2.24) is 24.9 Å². The number of piperazine rings is 1. The molecule has 1 amide bonds. The number of amides is 1. The minimum atomic E-state index is -0.380. The van der Waals surface area contributed by atoms with Gasteiger partial charge in [0.1, 0.15) is 10.7 Å². The van der Waals surface area contributed by atoms with E-state index in [1.165, 1.54) is 4.68 Å². The summed E-state index contributed by atoms with van der Waals surface area (Å²) in [6, 6.07) is 18.2. The van der Waals surface area contributed by atoms with E-state index in [1.807, 2.05) is 35.2 Å². The largest absolute Gasteiger partial charge is 0.365 e. The van der Waals surface area contributed by atoms with Gasteiger partial charge in [-0.15, -0.1) is 0 Å². The highest BCUT2D eigenvalue weighted by molar-refractivity contribution is 6.33. The van der Waals surface area contributed by atoms with E-state index >= 15 is 0 Å². The summed E-state index contributed by atoms with van der Waals surface area (Å²) < 4.78 is 1.28. The molecule has 1 fully saturated rings. The van der Waals surface area contributed by atoms with Gasteiger partial charge in [0.2, 0.25) is 0 Å². The van der Waals surface area contributed by atoms with Crippen LogP contribution in [-0.2, 0) is 0 Å². The first-order valence-electron chi connectivity index (χ1n) is 10.7. The fourth-order valence-electron chi connectivity index (χ4n) is 3.95. The Morgan fingerprint density at radius 1 is 0.941 bits per heavy atom. The monoisotopic (exact) mass is 494 g/mol. The van der Waals surface area contributed by atoms with Crippen LogP contribution in [0.4, 0.5) is 5.69 Å². The van der Waals surface area contributed by atoms with E-state index in [-0.39, 0.29) is 16.5 Å². The Labute approximate surface area is 205 Å². The molecule has 0 bridgehead atoms. The van der Waals surface area contributed by atoms with Crippen molar-refractivity contribution in [3.05, 3.63) is 93.0 Å². The number of halogens is 2. The molecule has 0 saturated carbocycles.